The molecule has 0 spiro atoms. The summed E-state index contributed by atoms with van der Waals surface area (Å²) in [5.41, 5.74) is 7.46. The van der Waals surface area contributed by atoms with Crippen LogP contribution in [0.5, 0.6) is 11.5 Å². The molecular weight excluding hydrogens is 374 g/mol. The van der Waals surface area contributed by atoms with Gasteiger partial charge in [0.2, 0.25) is 0 Å². The zero-order valence-corrected chi connectivity index (χ0v) is 18.0. The van der Waals surface area contributed by atoms with Gasteiger partial charge >= 0.3 is 0 Å². The highest BCUT2D eigenvalue weighted by Gasteiger charge is 2.27. The number of hydrogen-bond acceptors (Lipinski definition) is 4. The molecule has 0 amide bonds. The van der Waals surface area contributed by atoms with E-state index in [1.807, 2.05) is 11.7 Å². The van der Waals surface area contributed by atoms with Gasteiger partial charge in [-0.05, 0) is 62.1 Å². The van der Waals surface area contributed by atoms with Crippen LogP contribution in [0.1, 0.15) is 41.4 Å². The Kier molecular flexibility index (Phi) is 4.99. The molecule has 1 atom stereocenters. The van der Waals surface area contributed by atoms with E-state index >= 15 is 0 Å². The first kappa shape index (κ1) is 19.2. The van der Waals surface area contributed by atoms with E-state index in [2.05, 4.69) is 66.3 Å². The van der Waals surface area contributed by atoms with Gasteiger partial charge in [-0.25, -0.2) is 0 Å². The maximum Gasteiger partial charge on any atom is 0.161 e. The summed E-state index contributed by atoms with van der Waals surface area (Å²) in [5, 5.41) is 4.56. The number of fused-ring (bicyclic) bond motifs is 1. The number of hydrogen-bond donors (Lipinski definition) is 0. The largest absolute Gasteiger partial charge is 0.486 e. The zero-order valence-electron chi connectivity index (χ0n) is 18.0. The lowest BCUT2D eigenvalue weighted by molar-refractivity contribution is 0.170. The Labute approximate surface area is 178 Å². The normalized spacial score (nSPS) is 18.7. The monoisotopic (exact) mass is 403 g/mol. The summed E-state index contributed by atoms with van der Waals surface area (Å²) in [6.45, 7) is 7.57. The summed E-state index contributed by atoms with van der Waals surface area (Å²) >= 11 is 0. The molecule has 3 aromatic rings. The standard InChI is InChI=1S/C25H29N3O2/c1-17-25(18(2)27(3)26-17)20-8-6-19(7-9-20)16-28-12-4-5-22(28)21-10-11-23-24(15-21)30-14-13-29-23/h6-11,15,22H,4-5,12-14,16H2,1-3H3/t22-/m1/s1. The van der Waals surface area contributed by atoms with Gasteiger partial charge in [-0.3, -0.25) is 9.58 Å². The summed E-state index contributed by atoms with van der Waals surface area (Å²) < 4.78 is 13.4. The molecular formula is C25H29N3O2. The predicted molar refractivity (Wildman–Crippen MR) is 118 cm³/mol. The Bertz CT molecular complexity index is 1060. The average molecular weight is 404 g/mol. The fraction of sp³-hybridized carbons (Fsp3) is 0.400. The lowest BCUT2D eigenvalue weighted by Gasteiger charge is -2.26. The van der Waals surface area contributed by atoms with Gasteiger partial charge in [-0.15, -0.1) is 0 Å². The van der Waals surface area contributed by atoms with E-state index in [4.69, 9.17) is 9.47 Å². The number of ether oxygens (including phenoxy) is 2. The lowest BCUT2D eigenvalue weighted by atomic mass is 10.0. The molecule has 1 aromatic heterocycles. The molecule has 0 radical (unpaired) electrons. The first-order chi connectivity index (χ1) is 14.6. The summed E-state index contributed by atoms with van der Waals surface area (Å²) in [4.78, 5) is 2.58. The van der Waals surface area contributed by atoms with Crippen LogP contribution in [0.2, 0.25) is 0 Å². The first-order valence-corrected chi connectivity index (χ1v) is 10.8. The highest BCUT2D eigenvalue weighted by molar-refractivity contribution is 5.68. The highest BCUT2D eigenvalue weighted by atomic mass is 16.6. The van der Waals surface area contributed by atoms with Crippen LogP contribution in [0, 0.1) is 13.8 Å². The van der Waals surface area contributed by atoms with Crippen LogP contribution in [0.25, 0.3) is 11.1 Å². The molecule has 0 N–H and O–H groups in total. The molecule has 0 saturated carbocycles. The molecule has 156 valence electrons. The number of likely N-dealkylation sites (tertiary alicyclic amines) is 1. The smallest absolute Gasteiger partial charge is 0.161 e. The van der Waals surface area contributed by atoms with Gasteiger partial charge in [-0.2, -0.15) is 5.10 Å². The number of aryl methyl sites for hydroxylation is 2. The third kappa shape index (κ3) is 3.47. The molecule has 0 unspecified atom stereocenters. The van der Waals surface area contributed by atoms with Crippen molar-refractivity contribution < 1.29 is 9.47 Å². The van der Waals surface area contributed by atoms with Crippen LogP contribution < -0.4 is 9.47 Å². The van der Waals surface area contributed by atoms with Gasteiger partial charge in [0.15, 0.2) is 11.5 Å². The van der Waals surface area contributed by atoms with Crippen LogP contribution in [-0.2, 0) is 13.6 Å². The van der Waals surface area contributed by atoms with Crippen molar-refractivity contribution in [3.63, 3.8) is 0 Å². The molecule has 0 bridgehead atoms. The van der Waals surface area contributed by atoms with Crippen LogP contribution in [0.4, 0.5) is 0 Å². The highest BCUT2D eigenvalue weighted by Crippen LogP contribution is 2.38. The Balaban J connectivity index is 1.34. The van der Waals surface area contributed by atoms with Crippen molar-refractivity contribution in [3.8, 4) is 22.6 Å². The number of aromatic nitrogens is 2. The van der Waals surface area contributed by atoms with Crippen LogP contribution in [0.15, 0.2) is 42.5 Å². The first-order valence-electron chi connectivity index (χ1n) is 10.8. The van der Waals surface area contributed by atoms with Gasteiger partial charge in [0.05, 0.1) is 5.69 Å². The molecule has 5 nitrogen and oxygen atoms in total. The van der Waals surface area contributed by atoms with Crippen molar-refractivity contribution in [2.45, 2.75) is 39.3 Å². The maximum atomic E-state index is 5.80. The van der Waals surface area contributed by atoms with E-state index in [-0.39, 0.29) is 0 Å². The SMILES string of the molecule is Cc1nn(C)c(C)c1-c1ccc(CN2CCC[C@@H]2c2ccc3c(c2)OCCO3)cc1. The molecule has 1 fully saturated rings. The van der Waals surface area contributed by atoms with Gasteiger partial charge in [0, 0.05) is 30.9 Å². The quantitative estimate of drug-likeness (QED) is 0.627. The van der Waals surface area contributed by atoms with E-state index in [0.717, 1.165) is 30.3 Å². The second kappa shape index (κ2) is 7.80. The van der Waals surface area contributed by atoms with Crippen molar-refractivity contribution in [1.29, 1.82) is 0 Å². The van der Waals surface area contributed by atoms with Crippen LogP contribution in [0.3, 0.4) is 0 Å². The molecule has 2 aromatic carbocycles. The Hall–Kier alpha value is -2.79. The van der Waals surface area contributed by atoms with Crippen molar-refractivity contribution >= 4 is 0 Å². The fourth-order valence-electron chi connectivity index (χ4n) is 4.86. The zero-order chi connectivity index (χ0) is 20.7. The van der Waals surface area contributed by atoms with E-state index in [9.17, 15) is 0 Å². The summed E-state index contributed by atoms with van der Waals surface area (Å²) in [7, 11) is 2.01. The second-order valence-corrected chi connectivity index (χ2v) is 8.40. The molecule has 1 saturated heterocycles. The molecule has 30 heavy (non-hydrogen) atoms. The van der Waals surface area contributed by atoms with Crippen LogP contribution >= 0.6 is 0 Å². The van der Waals surface area contributed by atoms with E-state index < -0.39 is 0 Å². The number of nitrogens with zero attached hydrogens (tertiary/aromatic N) is 3. The molecule has 2 aliphatic rings. The maximum absolute atomic E-state index is 5.80. The lowest BCUT2D eigenvalue weighted by Crippen LogP contribution is -2.23. The van der Waals surface area contributed by atoms with E-state index in [1.165, 1.54) is 40.8 Å². The summed E-state index contributed by atoms with van der Waals surface area (Å²) in [5.74, 6) is 1.75. The number of benzene rings is 2. The fourth-order valence-corrected chi connectivity index (χ4v) is 4.86. The number of rotatable bonds is 4. The van der Waals surface area contributed by atoms with Crippen molar-refractivity contribution in [2.24, 2.45) is 7.05 Å². The van der Waals surface area contributed by atoms with Crippen molar-refractivity contribution in [3.05, 3.63) is 65.0 Å². The van der Waals surface area contributed by atoms with Gasteiger partial charge in [0.25, 0.3) is 0 Å². The average Bonchev–Trinajstić information content (AvgIpc) is 3.32. The van der Waals surface area contributed by atoms with Crippen LogP contribution in [-0.4, -0.2) is 34.4 Å². The Morgan fingerprint density at radius 2 is 1.77 bits per heavy atom. The minimum absolute atomic E-state index is 0.434. The Morgan fingerprint density at radius 1 is 1.00 bits per heavy atom. The molecule has 0 aliphatic carbocycles. The molecule has 3 heterocycles. The van der Waals surface area contributed by atoms with Gasteiger partial charge in [-0.1, -0.05) is 30.3 Å². The van der Waals surface area contributed by atoms with Crippen molar-refractivity contribution in [1.82, 2.24) is 14.7 Å². The Morgan fingerprint density at radius 3 is 2.50 bits per heavy atom. The summed E-state index contributed by atoms with van der Waals surface area (Å²) in [6, 6.07) is 15.9. The third-order valence-electron chi connectivity index (χ3n) is 6.45. The van der Waals surface area contributed by atoms with Crippen molar-refractivity contribution in [2.75, 3.05) is 19.8 Å². The predicted octanol–water partition coefficient (Wildman–Crippen LogP) is 4.81. The minimum atomic E-state index is 0.434. The second-order valence-electron chi connectivity index (χ2n) is 8.40. The molecule has 5 heteroatoms. The van der Waals surface area contributed by atoms with E-state index in [1.54, 1.807) is 0 Å². The summed E-state index contributed by atoms with van der Waals surface area (Å²) in [6.07, 6.45) is 2.41. The minimum Gasteiger partial charge on any atom is -0.486 e. The van der Waals surface area contributed by atoms with Gasteiger partial charge < -0.3 is 9.47 Å². The molecule has 5 rings (SSSR count). The topological polar surface area (TPSA) is 39.5 Å². The third-order valence-corrected chi connectivity index (χ3v) is 6.45. The van der Waals surface area contributed by atoms with Gasteiger partial charge in [0.1, 0.15) is 13.2 Å². The molecule has 2 aliphatic heterocycles. The van der Waals surface area contributed by atoms with E-state index in [0.29, 0.717) is 19.3 Å².